The second kappa shape index (κ2) is 5.23. The molecule has 0 spiro atoms. The van der Waals surface area contributed by atoms with Crippen molar-refractivity contribution in [2.45, 2.75) is 6.92 Å². The van der Waals surface area contributed by atoms with Crippen LogP contribution in [-0.2, 0) is 0 Å². The van der Waals surface area contributed by atoms with Crippen LogP contribution in [0, 0.1) is 6.92 Å². The molecule has 0 N–H and O–H groups in total. The molecule has 0 radical (unpaired) electrons. The fourth-order valence-electron chi connectivity index (χ4n) is 1.77. The molecule has 2 aromatic carbocycles. The predicted molar refractivity (Wildman–Crippen MR) is 78.6 cm³/mol. The molecule has 0 atom stereocenters. The lowest BCUT2D eigenvalue weighted by molar-refractivity contribution is 0.416. The Morgan fingerprint density at radius 2 is 1.76 bits per heavy atom. The summed E-state index contributed by atoms with van der Waals surface area (Å²) >= 11 is 7.17. The molecule has 0 aliphatic rings. The first-order valence-corrected chi connectivity index (χ1v) is 6.81. The highest BCUT2D eigenvalue weighted by atomic mass is 79.9. The monoisotopic (exact) mass is 354 g/mol. The number of hydrogen-bond donors (Lipinski definition) is 0. The number of rotatable bonds is 2. The second-order valence-corrected chi connectivity index (χ2v) is 5.51. The summed E-state index contributed by atoms with van der Waals surface area (Å²) in [6.45, 7) is 2.08. The van der Waals surface area contributed by atoms with Crippen molar-refractivity contribution < 1.29 is 4.74 Å². The van der Waals surface area contributed by atoms with E-state index < -0.39 is 0 Å². The third kappa shape index (κ3) is 2.55. The molecule has 0 saturated carbocycles. The Hall–Kier alpha value is -0.800. The third-order valence-corrected chi connectivity index (χ3v) is 3.94. The van der Waals surface area contributed by atoms with Gasteiger partial charge in [-0.05, 0) is 25.1 Å². The van der Waals surface area contributed by atoms with Crippen molar-refractivity contribution in [1.82, 2.24) is 0 Å². The minimum absolute atomic E-state index is 0.866. The fraction of sp³-hybridized carbons (Fsp3) is 0.143. The van der Waals surface area contributed by atoms with Crippen LogP contribution in [0.25, 0.3) is 11.1 Å². The maximum atomic E-state index is 5.42. The van der Waals surface area contributed by atoms with Crippen LogP contribution in [0.1, 0.15) is 5.56 Å². The zero-order valence-corrected chi connectivity index (χ0v) is 12.8. The number of halogens is 2. The van der Waals surface area contributed by atoms with E-state index in [1.807, 2.05) is 18.2 Å². The van der Waals surface area contributed by atoms with Gasteiger partial charge in [-0.3, -0.25) is 0 Å². The van der Waals surface area contributed by atoms with Crippen LogP contribution in [0.15, 0.2) is 45.3 Å². The molecule has 0 aliphatic heterocycles. The van der Waals surface area contributed by atoms with Crippen molar-refractivity contribution in [2.75, 3.05) is 7.11 Å². The number of hydrogen-bond acceptors (Lipinski definition) is 1. The minimum atomic E-state index is 0.866. The zero-order valence-electron chi connectivity index (χ0n) is 9.63. The molecule has 0 saturated heterocycles. The minimum Gasteiger partial charge on any atom is -0.496 e. The van der Waals surface area contributed by atoms with E-state index in [0.717, 1.165) is 25.8 Å². The molecule has 0 aliphatic carbocycles. The Morgan fingerprint density at radius 3 is 2.47 bits per heavy atom. The zero-order chi connectivity index (χ0) is 12.4. The van der Waals surface area contributed by atoms with Gasteiger partial charge in [0, 0.05) is 20.1 Å². The second-order valence-electron chi connectivity index (χ2n) is 3.80. The van der Waals surface area contributed by atoms with Gasteiger partial charge in [0.05, 0.1) is 7.11 Å². The molecule has 0 amide bonds. The summed E-state index contributed by atoms with van der Waals surface area (Å²) in [4.78, 5) is 0. The van der Waals surface area contributed by atoms with Crippen molar-refractivity contribution in [3.63, 3.8) is 0 Å². The highest BCUT2D eigenvalue weighted by Gasteiger charge is 2.12. The van der Waals surface area contributed by atoms with Gasteiger partial charge >= 0.3 is 0 Å². The standard InChI is InChI=1S/C14H12Br2O/c1-9-6-7-11(15)10(8-9)14-12(16)4-3-5-13(14)17-2/h3-8H,1-2H3. The first-order chi connectivity index (χ1) is 8.13. The van der Waals surface area contributed by atoms with Gasteiger partial charge in [-0.2, -0.15) is 0 Å². The van der Waals surface area contributed by atoms with Crippen LogP contribution < -0.4 is 4.74 Å². The summed E-state index contributed by atoms with van der Waals surface area (Å²) in [5, 5.41) is 0. The Labute approximate surface area is 118 Å². The number of benzene rings is 2. The van der Waals surface area contributed by atoms with Crippen LogP contribution in [0.2, 0.25) is 0 Å². The molecule has 1 nitrogen and oxygen atoms in total. The fourth-order valence-corrected chi connectivity index (χ4v) is 2.77. The quantitative estimate of drug-likeness (QED) is 0.719. The van der Waals surface area contributed by atoms with Crippen molar-refractivity contribution in [3.05, 3.63) is 50.9 Å². The number of methoxy groups -OCH3 is 1. The Morgan fingerprint density at radius 1 is 1.00 bits per heavy atom. The molecule has 88 valence electrons. The van der Waals surface area contributed by atoms with E-state index >= 15 is 0 Å². The molecule has 0 aromatic heterocycles. The Balaban J connectivity index is 2.71. The lowest BCUT2D eigenvalue weighted by Gasteiger charge is -2.13. The Bertz CT molecular complexity index is 550. The lowest BCUT2D eigenvalue weighted by atomic mass is 10.0. The van der Waals surface area contributed by atoms with Gasteiger partial charge < -0.3 is 4.74 Å². The Kier molecular flexibility index (Phi) is 3.89. The molecular weight excluding hydrogens is 344 g/mol. The van der Waals surface area contributed by atoms with Gasteiger partial charge in [0.25, 0.3) is 0 Å². The van der Waals surface area contributed by atoms with Gasteiger partial charge in [0.1, 0.15) is 5.75 Å². The van der Waals surface area contributed by atoms with E-state index in [1.165, 1.54) is 5.56 Å². The topological polar surface area (TPSA) is 9.23 Å². The first-order valence-electron chi connectivity index (χ1n) is 5.22. The molecule has 0 fully saturated rings. The maximum absolute atomic E-state index is 5.42. The summed E-state index contributed by atoms with van der Waals surface area (Å²) < 4.78 is 7.52. The van der Waals surface area contributed by atoms with Crippen molar-refractivity contribution in [1.29, 1.82) is 0 Å². The smallest absolute Gasteiger partial charge is 0.127 e. The summed E-state index contributed by atoms with van der Waals surface area (Å²) in [6, 6.07) is 12.2. The summed E-state index contributed by atoms with van der Waals surface area (Å²) in [7, 11) is 1.69. The van der Waals surface area contributed by atoms with E-state index in [2.05, 4.69) is 57.0 Å². The van der Waals surface area contributed by atoms with Gasteiger partial charge in [-0.25, -0.2) is 0 Å². The predicted octanol–water partition coefficient (Wildman–Crippen LogP) is 5.20. The first kappa shape index (κ1) is 12.7. The van der Waals surface area contributed by atoms with E-state index in [-0.39, 0.29) is 0 Å². The van der Waals surface area contributed by atoms with E-state index in [9.17, 15) is 0 Å². The van der Waals surface area contributed by atoms with E-state index in [0.29, 0.717) is 0 Å². The molecule has 2 rings (SSSR count). The van der Waals surface area contributed by atoms with Gasteiger partial charge in [0.2, 0.25) is 0 Å². The molecular formula is C14H12Br2O. The summed E-state index contributed by atoms with van der Waals surface area (Å²) in [6.07, 6.45) is 0. The van der Waals surface area contributed by atoms with Crippen LogP contribution in [-0.4, -0.2) is 7.11 Å². The highest BCUT2D eigenvalue weighted by molar-refractivity contribution is 9.11. The van der Waals surface area contributed by atoms with Crippen LogP contribution in [0.5, 0.6) is 5.75 Å². The van der Waals surface area contributed by atoms with E-state index in [1.54, 1.807) is 7.11 Å². The van der Waals surface area contributed by atoms with Crippen molar-refractivity contribution in [2.24, 2.45) is 0 Å². The van der Waals surface area contributed by atoms with Crippen molar-refractivity contribution in [3.8, 4) is 16.9 Å². The molecule has 0 heterocycles. The highest BCUT2D eigenvalue weighted by Crippen LogP contribution is 2.40. The largest absolute Gasteiger partial charge is 0.496 e. The maximum Gasteiger partial charge on any atom is 0.127 e. The van der Waals surface area contributed by atoms with E-state index in [4.69, 9.17) is 4.74 Å². The van der Waals surface area contributed by atoms with Gasteiger partial charge in [-0.15, -0.1) is 0 Å². The third-order valence-electron chi connectivity index (χ3n) is 2.59. The van der Waals surface area contributed by atoms with Crippen LogP contribution in [0.4, 0.5) is 0 Å². The molecule has 0 unspecified atom stereocenters. The molecule has 2 aromatic rings. The summed E-state index contributed by atoms with van der Waals surface area (Å²) in [5.74, 6) is 0.866. The lowest BCUT2D eigenvalue weighted by Crippen LogP contribution is -1.90. The SMILES string of the molecule is COc1cccc(Br)c1-c1cc(C)ccc1Br. The summed E-state index contributed by atoms with van der Waals surface area (Å²) in [5.41, 5.74) is 3.43. The number of ether oxygens (including phenoxy) is 1. The molecule has 3 heteroatoms. The molecule has 0 bridgehead atoms. The number of aryl methyl sites for hydroxylation is 1. The van der Waals surface area contributed by atoms with Gasteiger partial charge in [0.15, 0.2) is 0 Å². The van der Waals surface area contributed by atoms with Gasteiger partial charge in [-0.1, -0.05) is 55.6 Å². The van der Waals surface area contributed by atoms with Crippen LogP contribution in [0.3, 0.4) is 0 Å². The molecule has 17 heavy (non-hydrogen) atoms. The average molecular weight is 356 g/mol. The van der Waals surface area contributed by atoms with Crippen LogP contribution >= 0.6 is 31.9 Å². The van der Waals surface area contributed by atoms with Crippen molar-refractivity contribution >= 4 is 31.9 Å². The average Bonchev–Trinajstić information content (AvgIpc) is 2.32. The normalized spacial score (nSPS) is 10.4.